The maximum absolute atomic E-state index is 13.0. The lowest BCUT2D eigenvalue weighted by atomic mass is 10.2. The summed E-state index contributed by atoms with van der Waals surface area (Å²) < 4.78 is 27.4. The lowest BCUT2D eigenvalue weighted by molar-refractivity contribution is 0.102. The second-order valence-electron chi connectivity index (χ2n) is 4.99. The molecule has 2 aromatic carbocycles. The lowest BCUT2D eigenvalue weighted by Crippen LogP contribution is -2.13. The third-order valence-corrected chi connectivity index (χ3v) is 3.43. The van der Waals surface area contributed by atoms with Gasteiger partial charge in [-0.3, -0.25) is 4.79 Å². The summed E-state index contributed by atoms with van der Waals surface area (Å²) in [5.41, 5.74) is 2.16. The number of halogens is 2. The van der Waals surface area contributed by atoms with Gasteiger partial charge < -0.3 is 5.32 Å². The van der Waals surface area contributed by atoms with E-state index in [1.807, 2.05) is 0 Å². The summed E-state index contributed by atoms with van der Waals surface area (Å²) in [5.74, 6) is -1.06. The van der Waals surface area contributed by atoms with Crippen LogP contribution in [-0.4, -0.2) is 15.7 Å². The molecule has 0 aliphatic rings. The largest absolute Gasteiger partial charge is 0.322 e. The number of benzene rings is 2. The second kappa shape index (κ2) is 6.00. The van der Waals surface area contributed by atoms with Gasteiger partial charge in [0.15, 0.2) is 0 Å². The van der Waals surface area contributed by atoms with Crippen molar-refractivity contribution in [3.8, 4) is 5.69 Å². The van der Waals surface area contributed by atoms with Gasteiger partial charge in [0.1, 0.15) is 11.6 Å². The minimum atomic E-state index is -0.372. The summed E-state index contributed by atoms with van der Waals surface area (Å²) in [7, 11) is 0. The summed E-state index contributed by atoms with van der Waals surface area (Å²) in [5, 5.41) is 6.85. The number of anilines is 1. The van der Waals surface area contributed by atoms with Crippen molar-refractivity contribution in [3.63, 3.8) is 0 Å². The van der Waals surface area contributed by atoms with E-state index in [9.17, 15) is 13.6 Å². The molecule has 0 unspecified atom stereocenters. The van der Waals surface area contributed by atoms with Gasteiger partial charge in [-0.2, -0.15) is 5.10 Å². The Morgan fingerprint density at radius 3 is 2.17 bits per heavy atom. The van der Waals surface area contributed by atoms with Crippen LogP contribution in [0.15, 0.2) is 54.7 Å². The van der Waals surface area contributed by atoms with Gasteiger partial charge in [0.05, 0.1) is 23.1 Å². The van der Waals surface area contributed by atoms with E-state index in [-0.39, 0.29) is 17.5 Å². The molecule has 0 aliphatic carbocycles. The molecule has 0 spiro atoms. The van der Waals surface area contributed by atoms with E-state index in [1.54, 1.807) is 23.7 Å². The van der Waals surface area contributed by atoms with Crippen LogP contribution in [0.25, 0.3) is 5.69 Å². The van der Waals surface area contributed by atoms with Crippen molar-refractivity contribution in [2.75, 3.05) is 5.32 Å². The first-order valence-corrected chi connectivity index (χ1v) is 6.92. The number of hydrogen-bond donors (Lipinski definition) is 1. The highest BCUT2D eigenvalue weighted by Gasteiger charge is 2.15. The van der Waals surface area contributed by atoms with E-state index in [2.05, 4.69) is 10.4 Å². The zero-order valence-corrected chi connectivity index (χ0v) is 12.3. The average molecular weight is 313 g/mol. The maximum atomic E-state index is 13.0. The van der Waals surface area contributed by atoms with Crippen molar-refractivity contribution < 1.29 is 13.6 Å². The summed E-state index contributed by atoms with van der Waals surface area (Å²) in [6.45, 7) is 1.75. The van der Waals surface area contributed by atoms with Gasteiger partial charge in [-0.25, -0.2) is 13.5 Å². The van der Waals surface area contributed by atoms with Crippen LogP contribution >= 0.6 is 0 Å². The second-order valence-corrected chi connectivity index (χ2v) is 4.99. The molecule has 0 radical (unpaired) electrons. The molecule has 0 saturated carbocycles. The Labute approximate surface area is 131 Å². The smallest absolute Gasteiger partial charge is 0.259 e. The minimum absolute atomic E-state index is 0.340. The van der Waals surface area contributed by atoms with Gasteiger partial charge in [0.2, 0.25) is 0 Å². The molecule has 116 valence electrons. The van der Waals surface area contributed by atoms with E-state index < -0.39 is 0 Å². The standard InChI is InChI=1S/C17H13F2N3O/c1-11-16(17(23)21-14-6-2-12(18)3-7-14)10-20-22(11)15-8-4-13(19)5-9-15/h2-10H,1H3,(H,21,23). The third-order valence-electron chi connectivity index (χ3n) is 3.43. The van der Waals surface area contributed by atoms with Crippen LogP contribution in [-0.2, 0) is 0 Å². The molecule has 1 amide bonds. The molecular weight excluding hydrogens is 300 g/mol. The molecule has 23 heavy (non-hydrogen) atoms. The molecule has 0 bridgehead atoms. The Morgan fingerprint density at radius 1 is 1.00 bits per heavy atom. The number of carbonyl (C=O) groups is 1. The molecule has 0 aliphatic heterocycles. The third kappa shape index (κ3) is 3.11. The first-order valence-electron chi connectivity index (χ1n) is 6.92. The Balaban J connectivity index is 1.85. The number of nitrogens with one attached hydrogen (secondary N) is 1. The molecule has 3 aromatic rings. The first-order chi connectivity index (χ1) is 11.0. The maximum Gasteiger partial charge on any atom is 0.259 e. The minimum Gasteiger partial charge on any atom is -0.322 e. The van der Waals surface area contributed by atoms with Gasteiger partial charge in [0.25, 0.3) is 5.91 Å². The van der Waals surface area contributed by atoms with Crippen LogP contribution in [0.5, 0.6) is 0 Å². The fraction of sp³-hybridized carbons (Fsp3) is 0.0588. The van der Waals surface area contributed by atoms with Crippen molar-refractivity contribution in [2.24, 2.45) is 0 Å². The first kappa shape index (κ1) is 14.9. The zero-order valence-electron chi connectivity index (χ0n) is 12.3. The molecule has 0 fully saturated rings. The van der Waals surface area contributed by atoms with E-state index in [4.69, 9.17) is 0 Å². The summed E-state index contributed by atoms with van der Waals surface area (Å²) in [6.07, 6.45) is 1.44. The highest BCUT2D eigenvalue weighted by molar-refractivity contribution is 6.04. The number of amides is 1. The van der Waals surface area contributed by atoms with E-state index in [1.165, 1.54) is 42.6 Å². The lowest BCUT2D eigenvalue weighted by Gasteiger charge is -2.06. The van der Waals surface area contributed by atoms with Crippen LogP contribution in [0.4, 0.5) is 14.5 Å². The molecule has 1 heterocycles. The van der Waals surface area contributed by atoms with Crippen molar-refractivity contribution >= 4 is 11.6 Å². The van der Waals surface area contributed by atoms with Crippen molar-refractivity contribution in [1.82, 2.24) is 9.78 Å². The number of aromatic nitrogens is 2. The normalized spacial score (nSPS) is 10.6. The Kier molecular flexibility index (Phi) is 3.89. The van der Waals surface area contributed by atoms with Crippen LogP contribution in [0, 0.1) is 18.6 Å². The van der Waals surface area contributed by atoms with Gasteiger partial charge in [-0.1, -0.05) is 0 Å². The van der Waals surface area contributed by atoms with Crippen LogP contribution < -0.4 is 5.32 Å². The number of rotatable bonds is 3. The fourth-order valence-corrected chi connectivity index (χ4v) is 2.21. The number of hydrogen-bond acceptors (Lipinski definition) is 2. The summed E-state index contributed by atoms with van der Waals surface area (Å²) >= 11 is 0. The Bertz CT molecular complexity index is 839. The van der Waals surface area contributed by atoms with Crippen LogP contribution in [0.2, 0.25) is 0 Å². The van der Waals surface area contributed by atoms with E-state index in [0.29, 0.717) is 22.6 Å². The SMILES string of the molecule is Cc1c(C(=O)Nc2ccc(F)cc2)cnn1-c1ccc(F)cc1. The molecule has 1 N–H and O–H groups in total. The highest BCUT2D eigenvalue weighted by Crippen LogP contribution is 2.17. The zero-order chi connectivity index (χ0) is 16.4. The fourth-order valence-electron chi connectivity index (χ4n) is 2.21. The monoisotopic (exact) mass is 313 g/mol. The molecule has 0 saturated heterocycles. The van der Waals surface area contributed by atoms with Gasteiger partial charge in [-0.05, 0) is 55.5 Å². The topological polar surface area (TPSA) is 46.9 Å². The van der Waals surface area contributed by atoms with Crippen molar-refractivity contribution in [2.45, 2.75) is 6.92 Å². The molecule has 4 nitrogen and oxygen atoms in total. The molecule has 3 rings (SSSR count). The van der Waals surface area contributed by atoms with Gasteiger partial charge in [0, 0.05) is 5.69 Å². The van der Waals surface area contributed by atoms with Crippen LogP contribution in [0.3, 0.4) is 0 Å². The number of nitrogens with zero attached hydrogens (tertiary/aromatic N) is 2. The van der Waals surface area contributed by atoms with Crippen molar-refractivity contribution in [1.29, 1.82) is 0 Å². The Hall–Kier alpha value is -3.02. The van der Waals surface area contributed by atoms with Crippen molar-refractivity contribution in [3.05, 3.63) is 77.6 Å². The number of carbonyl (C=O) groups excluding carboxylic acids is 1. The van der Waals surface area contributed by atoms with Gasteiger partial charge >= 0.3 is 0 Å². The summed E-state index contributed by atoms with van der Waals surface area (Å²) in [4.78, 5) is 12.3. The van der Waals surface area contributed by atoms with E-state index in [0.717, 1.165) is 0 Å². The quantitative estimate of drug-likeness (QED) is 0.801. The average Bonchev–Trinajstić information content (AvgIpc) is 2.92. The van der Waals surface area contributed by atoms with E-state index >= 15 is 0 Å². The Morgan fingerprint density at radius 2 is 1.57 bits per heavy atom. The highest BCUT2D eigenvalue weighted by atomic mass is 19.1. The van der Waals surface area contributed by atoms with Gasteiger partial charge in [-0.15, -0.1) is 0 Å². The molecule has 0 atom stereocenters. The summed E-state index contributed by atoms with van der Waals surface area (Å²) in [6, 6.07) is 11.3. The predicted molar refractivity (Wildman–Crippen MR) is 82.6 cm³/mol. The predicted octanol–water partition coefficient (Wildman–Crippen LogP) is 3.71. The van der Waals surface area contributed by atoms with Crippen LogP contribution in [0.1, 0.15) is 16.1 Å². The molecular formula is C17H13F2N3O. The molecule has 1 aromatic heterocycles. The molecule has 6 heteroatoms.